The Balaban J connectivity index is 1.58. The molecule has 4 rings (SSSR count). The minimum atomic E-state index is -0.240. The Morgan fingerprint density at radius 1 is 1.14 bits per heavy atom. The number of hydrogen-bond donors (Lipinski definition) is 2. The number of carbonyl (C=O) groups is 2. The van der Waals surface area contributed by atoms with E-state index in [4.69, 9.17) is 0 Å². The average molecular weight is 379 g/mol. The van der Waals surface area contributed by atoms with Crippen molar-refractivity contribution < 1.29 is 14.7 Å². The first-order valence-corrected chi connectivity index (χ1v) is 9.78. The standard InChI is InChI=1S/C22H25N3O3/c1-14(27)24-12-19-21(20(13-26)25(19)22(28)17-8-9-17)16-6-4-15(5-7-16)18-3-2-10-23-11-18/h2-7,10-11,17,19-21,26H,8-9,12-13H2,1H3,(H,24,27)/t19-,20+,21-/m0/s1. The lowest BCUT2D eigenvalue weighted by atomic mass is 9.74. The van der Waals surface area contributed by atoms with Crippen LogP contribution in [0.15, 0.2) is 48.8 Å². The molecule has 28 heavy (non-hydrogen) atoms. The predicted octanol–water partition coefficient (Wildman–Crippen LogP) is 1.95. The van der Waals surface area contributed by atoms with Gasteiger partial charge >= 0.3 is 0 Å². The first kappa shape index (κ1) is 18.6. The Morgan fingerprint density at radius 3 is 2.46 bits per heavy atom. The van der Waals surface area contributed by atoms with Crippen LogP contribution >= 0.6 is 0 Å². The van der Waals surface area contributed by atoms with Crippen LogP contribution in [0, 0.1) is 5.92 Å². The number of likely N-dealkylation sites (tertiary alicyclic amines) is 1. The molecule has 1 aliphatic heterocycles. The molecule has 1 saturated carbocycles. The Morgan fingerprint density at radius 2 is 1.89 bits per heavy atom. The maximum Gasteiger partial charge on any atom is 0.226 e. The fourth-order valence-electron chi connectivity index (χ4n) is 4.17. The van der Waals surface area contributed by atoms with Gasteiger partial charge in [0.15, 0.2) is 0 Å². The Bertz CT molecular complexity index is 849. The third kappa shape index (κ3) is 3.52. The fraction of sp³-hybridized carbons (Fsp3) is 0.409. The van der Waals surface area contributed by atoms with Crippen LogP contribution in [0.5, 0.6) is 0 Å². The van der Waals surface area contributed by atoms with Crippen LogP contribution in [0.1, 0.15) is 31.2 Å². The van der Waals surface area contributed by atoms with E-state index in [2.05, 4.69) is 22.4 Å². The number of hydrogen-bond acceptors (Lipinski definition) is 4. The maximum absolute atomic E-state index is 12.7. The lowest BCUT2D eigenvalue weighted by Gasteiger charge is -2.55. The molecule has 2 aliphatic rings. The molecule has 0 unspecified atom stereocenters. The second-order valence-electron chi connectivity index (χ2n) is 7.66. The zero-order chi connectivity index (χ0) is 19.7. The zero-order valence-electron chi connectivity index (χ0n) is 15.9. The van der Waals surface area contributed by atoms with Crippen molar-refractivity contribution in [2.24, 2.45) is 5.92 Å². The largest absolute Gasteiger partial charge is 0.394 e. The summed E-state index contributed by atoms with van der Waals surface area (Å²) in [4.78, 5) is 30.1. The lowest BCUT2D eigenvalue weighted by Crippen LogP contribution is -2.68. The molecule has 2 aromatic rings. The lowest BCUT2D eigenvalue weighted by molar-refractivity contribution is -0.152. The molecule has 0 bridgehead atoms. The molecule has 0 radical (unpaired) electrons. The minimum Gasteiger partial charge on any atom is -0.394 e. The first-order chi connectivity index (χ1) is 13.6. The van der Waals surface area contributed by atoms with Crippen molar-refractivity contribution in [2.45, 2.75) is 37.8 Å². The highest BCUT2D eigenvalue weighted by Gasteiger charge is 2.53. The van der Waals surface area contributed by atoms with Crippen LogP contribution in [0.4, 0.5) is 0 Å². The number of carbonyl (C=O) groups excluding carboxylic acids is 2. The highest BCUT2D eigenvalue weighted by molar-refractivity contribution is 5.83. The summed E-state index contributed by atoms with van der Waals surface area (Å²) in [5.41, 5.74) is 3.18. The molecule has 2 heterocycles. The topological polar surface area (TPSA) is 82.5 Å². The summed E-state index contributed by atoms with van der Waals surface area (Å²) in [6.45, 7) is 1.80. The second kappa shape index (κ2) is 7.72. The van der Waals surface area contributed by atoms with Gasteiger partial charge in [0.25, 0.3) is 0 Å². The first-order valence-electron chi connectivity index (χ1n) is 9.78. The second-order valence-corrected chi connectivity index (χ2v) is 7.66. The molecule has 3 atom stereocenters. The van der Waals surface area contributed by atoms with Gasteiger partial charge in [-0.3, -0.25) is 14.6 Å². The Hall–Kier alpha value is -2.73. The van der Waals surface area contributed by atoms with Gasteiger partial charge in [-0.15, -0.1) is 0 Å². The number of aromatic nitrogens is 1. The van der Waals surface area contributed by atoms with E-state index in [1.54, 1.807) is 11.1 Å². The SMILES string of the molecule is CC(=O)NC[C@H]1[C@H](c2ccc(-c3cccnc3)cc2)[C@@H](CO)N1C(=O)C1CC1. The minimum absolute atomic E-state index is 0.00231. The van der Waals surface area contributed by atoms with Crippen molar-refractivity contribution in [1.82, 2.24) is 15.2 Å². The van der Waals surface area contributed by atoms with E-state index in [9.17, 15) is 14.7 Å². The van der Waals surface area contributed by atoms with Crippen LogP contribution in [-0.4, -0.2) is 52.0 Å². The Kier molecular flexibility index (Phi) is 5.13. The van der Waals surface area contributed by atoms with Crippen molar-refractivity contribution in [3.63, 3.8) is 0 Å². The summed E-state index contributed by atoms with van der Waals surface area (Å²) in [5, 5.41) is 12.8. The molecule has 2 fully saturated rings. The van der Waals surface area contributed by atoms with E-state index in [1.165, 1.54) is 6.92 Å². The van der Waals surface area contributed by atoms with E-state index >= 15 is 0 Å². The van der Waals surface area contributed by atoms with Crippen molar-refractivity contribution in [1.29, 1.82) is 0 Å². The van der Waals surface area contributed by atoms with E-state index < -0.39 is 0 Å². The number of aliphatic hydroxyl groups is 1. The van der Waals surface area contributed by atoms with Gasteiger partial charge in [0.05, 0.1) is 18.7 Å². The van der Waals surface area contributed by atoms with E-state index in [0.717, 1.165) is 29.5 Å². The molecule has 1 saturated heterocycles. The molecule has 1 aliphatic carbocycles. The zero-order valence-corrected chi connectivity index (χ0v) is 15.9. The number of aliphatic hydroxyl groups excluding tert-OH is 1. The number of pyridine rings is 1. The number of benzene rings is 1. The highest BCUT2D eigenvalue weighted by Crippen LogP contribution is 2.44. The molecular weight excluding hydrogens is 354 g/mol. The van der Waals surface area contributed by atoms with Gasteiger partial charge in [0, 0.05) is 37.7 Å². The van der Waals surface area contributed by atoms with E-state index in [-0.39, 0.29) is 42.3 Å². The summed E-state index contributed by atoms with van der Waals surface area (Å²) in [6.07, 6.45) is 5.41. The molecule has 6 heteroatoms. The monoisotopic (exact) mass is 379 g/mol. The van der Waals surface area contributed by atoms with Crippen molar-refractivity contribution in [3.8, 4) is 11.1 Å². The summed E-state index contributed by atoms with van der Waals surface area (Å²) in [7, 11) is 0. The van der Waals surface area contributed by atoms with Gasteiger partial charge in [0.2, 0.25) is 11.8 Å². The molecule has 1 aromatic heterocycles. The van der Waals surface area contributed by atoms with Crippen LogP contribution < -0.4 is 5.32 Å². The molecule has 2 amide bonds. The van der Waals surface area contributed by atoms with Crippen LogP contribution in [0.2, 0.25) is 0 Å². The van der Waals surface area contributed by atoms with Crippen molar-refractivity contribution in [3.05, 3.63) is 54.4 Å². The van der Waals surface area contributed by atoms with Crippen molar-refractivity contribution in [2.75, 3.05) is 13.2 Å². The van der Waals surface area contributed by atoms with Gasteiger partial charge < -0.3 is 15.3 Å². The quantitative estimate of drug-likeness (QED) is 0.804. The summed E-state index contributed by atoms with van der Waals surface area (Å²) in [5.74, 6) is 0.0832. The van der Waals surface area contributed by atoms with Gasteiger partial charge in [-0.1, -0.05) is 30.3 Å². The number of rotatable bonds is 6. The van der Waals surface area contributed by atoms with Crippen LogP contribution in [0.3, 0.4) is 0 Å². The van der Waals surface area contributed by atoms with Crippen LogP contribution in [0.25, 0.3) is 11.1 Å². The van der Waals surface area contributed by atoms with Gasteiger partial charge in [-0.05, 0) is 35.6 Å². The third-order valence-electron chi connectivity index (χ3n) is 5.76. The van der Waals surface area contributed by atoms with Gasteiger partial charge in [0.1, 0.15) is 0 Å². The fourth-order valence-corrected chi connectivity index (χ4v) is 4.17. The summed E-state index contributed by atoms with van der Waals surface area (Å²) < 4.78 is 0. The highest BCUT2D eigenvalue weighted by atomic mass is 16.3. The molecule has 0 spiro atoms. The molecule has 1 aromatic carbocycles. The summed E-state index contributed by atoms with van der Waals surface area (Å²) >= 11 is 0. The van der Waals surface area contributed by atoms with Gasteiger partial charge in [-0.25, -0.2) is 0 Å². The smallest absolute Gasteiger partial charge is 0.226 e. The predicted molar refractivity (Wildman–Crippen MR) is 105 cm³/mol. The average Bonchev–Trinajstić information content (AvgIpc) is 3.54. The third-order valence-corrected chi connectivity index (χ3v) is 5.76. The number of nitrogens with zero attached hydrogens (tertiary/aromatic N) is 2. The van der Waals surface area contributed by atoms with E-state index in [1.807, 2.05) is 30.5 Å². The molecule has 146 valence electrons. The number of nitrogens with one attached hydrogen (secondary N) is 1. The van der Waals surface area contributed by atoms with Gasteiger partial charge in [-0.2, -0.15) is 0 Å². The molecular formula is C22H25N3O3. The molecule has 6 nitrogen and oxygen atoms in total. The Labute approximate surface area is 164 Å². The number of amides is 2. The van der Waals surface area contributed by atoms with E-state index in [0.29, 0.717) is 6.54 Å². The maximum atomic E-state index is 12.7. The normalized spacial score (nSPS) is 23.8. The molecule has 2 N–H and O–H groups in total. The summed E-state index contributed by atoms with van der Waals surface area (Å²) in [6, 6.07) is 11.7. The van der Waals surface area contributed by atoms with Crippen molar-refractivity contribution >= 4 is 11.8 Å². The van der Waals surface area contributed by atoms with Crippen LogP contribution in [-0.2, 0) is 9.59 Å².